The molecule has 8 heteroatoms. The van der Waals surface area contributed by atoms with Gasteiger partial charge in [-0.1, -0.05) is 12.8 Å². The molecule has 1 heterocycles. The van der Waals surface area contributed by atoms with E-state index in [4.69, 9.17) is 4.74 Å². The summed E-state index contributed by atoms with van der Waals surface area (Å²) in [6.07, 6.45) is 6.36. The van der Waals surface area contributed by atoms with Crippen LogP contribution in [0.25, 0.3) is 0 Å². The van der Waals surface area contributed by atoms with Gasteiger partial charge in [-0.15, -0.1) is 0 Å². The molecule has 1 aliphatic heterocycles. The van der Waals surface area contributed by atoms with Crippen LogP contribution < -0.4 is 15.5 Å². The fraction of sp³-hybridized carbons (Fsp3) is 0.500. The quantitative estimate of drug-likeness (QED) is 0.753. The van der Waals surface area contributed by atoms with Crippen LogP contribution >= 0.6 is 0 Å². The summed E-state index contributed by atoms with van der Waals surface area (Å²) in [5, 5.41) is 4.89. The van der Waals surface area contributed by atoms with Gasteiger partial charge in [-0.25, -0.2) is 9.59 Å². The van der Waals surface area contributed by atoms with Crippen LogP contribution in [-0.4, -0.2) is 43.0 Å². The number of rotatable bonds is 5. The van der Waals surface area contributed by atoms with Crippen molar-refractivity contribution in [3.8, 4) is 0 Å². The van der Waals surface area contributed by atoms with Crippen LogP contribution in [0.4, 0.5) is 10.5 Å². The first-order valence-corrected chi connectivity index (χ1v) is 9.71. The third-order valence-corrected chi connectivity index (χ3v) is 5.02. The van der Waals surface area contributed by atoms with Crippen LogP contribution in [0.1, 0.15) is 55.3 Å². The Bertz CT molecular complexity index is 741. The minimum absolute atomic E-state index is 0.0779. The summed E-state index contributed by atoms with van der Waals surface area (Å²) in [7, 11) is 0. The summed E-state index contributed by atoms with van der Waals surface area (Å²) >= 11 is 0. The smallest absolute Gasteiger partial charge is 0.338 e. The first-order chi connectivity index (χ1) is 13.5. The van der Waals surface area contributed by atoms with Gasteiger partial charge in [0.1, 0.15) is 0 Å². The normalized spacial score (nSPS) is 17.3. The van der Waals surface area contributed by atoms with Crippen molar-refractivity contribution in [2.75, 3.05) is 18.1 Å². The summed E-state index contributed by atoms with van der Waals surface area (Å²) in [6.45, 7) is 0.134. The van der Waals surface area contributed by atoms with E-state index in [-0.39, 0.29) is 17.5 Å². The molecular weight excluding hydrogens is 362 g/mol. The minimum atomic E-state index is -0.681. The SMILES string of the molecule is O=C(COC(=O)c1ccc(N2CCCCC2=O)cc1)NC(=O)NC1CCCC1. The molecule has 0 atom stereocenters. The van der Waals surface area contributed by atoms with E-state index < -0.39 is 24.5 Å². The minimum Gasteiger partial charge on any atom is -0.452 e. The number of piperidine rings is 1. The average Bonchev–Trinajstić information content (AvgIpc) is 3.19. The summed E-state index contributed by atoms with van der Waals surface area (Å²) < 4.78 is 4.96. The van der Waals surface area contributed by atoms with E-state index in [1.807, 2.05) is 0 Å². The predicted octanol–water partition coefficient (Wildman–Crippen LogP) is 2.13. The highest BCUT2D eigenvalue weighted by Gasteiger charge is 2.21. The molecule has 150 valence electrons. The van der Waals surface area contributed by atoms with Crippen molar-refractivity contribution in [3.63, 3.8) is 0 Å². The number of urea groups is 1. The second-order valence-electron chi connectivity index (χ2n) is 7.13. The number of hydrogen-bond donors (Lipinski definition) is 2. The Kier molecular flexibility index (Phi) is 6.62. The number of esters is 1. The highest BCUT2D eigenvalue weighted by atomic mass is 16.5. The van der Waals surface area contributed by atoms with E-state index in [1.165, 1.54) is 0 Å². The largest absolute Gasteiger partial charge is 0.452 e. The Morgan fingerprint density at radius 2 is 1.75 bits per heavy atom. The Balaban J connectivity index is 1.44. The van der Waals surface area contributed by atoms with E-state index in [0.717, 1.165) is 44.2 Å². The fourth-order valence-electron chi connectivity index (χ4n) is 3.53. The zero-order valence-electron chi connectivity index (χ0n) is 15.7. The summed E-state index contributed by atoms with van der Waals surface area (Å²) in [6, 6.07) is 6.03. The van der Waals surface area contributed by atoms with Gasteiger partial charge in [0.15, 0.2) is 6.61 Å². The van der Waals surface area contributed by atoms with Crippen LogP contribution in [0.5, 0.6) is 0 Å². The Morgan fingerprint density at radius 3 is 2.43 bits per heavy atom. The maximum atomic E-state index is 12.1. The number of carbonyl (C=O) groups excluding carboxylic acids is 4. The predicted molar refractivity (Wildman–Crippen MR) is 102 cm³/mol. The van der Waals surface area contributed by atoms with Gasteiger partial charge in [-0.05, 0) is 49.9 Å². The van der Waals surface area contributed by atoms with Crippen molar-refractivity contribution >= 4 is 29.5 Å². The molecule has 1 aromatic carbocycles. The van der Waals surface area contributed by atoms with Crippen molar-refractivity contribution in [1.29, 1.82) is 0 Å². The molecule has 2 aliphatic rings. The number of amides is 4. The van der Waals surface area contributed by atoms with Crippen molar-refractivity contribution in [3.05, 3.63) is 29.8 Å². The second kappa shape index (κ2) is 9.34. The maximum Gasteiger partial charge on any atom is 0.338 e. The summed E-state index contributed by atoms with van der Waals surface area (Å²) in [5.74, 6) is -1.27. The van der Waals surface area contributed by atoms with Crippen molar-refractivity contribution in [1.82, 2.24) is 10.6 Å². The molecule has 4 amide bonds. The number of hydrogen-bond acceptors (Lipinski definition) is 5. The van der Waals surface area contributed by atoms with E-state index in [9.17, 15) is 19.2 Å². The van der Waals surface area contributed by atoms with Crippen LogP contribution in [0.2, 0.25) is 0 Å². The van der Waals surface area contributed by atoms with Crippen molar-refractivity contribution in [2.24, 2.45) is 0 Å². The molecule has 2 fully saturated rings. The molecule has 8 nitrogen and oxygen atoms in total. The number of imide groups is 1. The number of nitrogens with one attached hydrogen (secondary N) is 2. The molecule has 1 saturated heterocycles. The highest BCUT2D eigenvalue weighted by Crippen LogP contribution is 2.21. The van der Waals surface area contributed by atoms with E-state index >= 15 is 0 Å². The monoisotopic (exact) mass is 387 g/mol. The Morgan fingerprint density at radius 1 is 1.04 bits per heavy atom. The van der Waals surface area contributed by atoms with Gasteiger partial charge in [0.25, 0.3) is 5.91 Å². The van der Waals surface area contributed by atoms with Gasteiger partial charge < -0.3 is 15.0 Å². The number of anilines is 1. The molecule has 1 saturated carbocycles. The number of carbonyl (C=O) groups is 4. The third kappa shape index (κ3) is 5.31. The number of ether oxygens (including phenoxy) is 1. The van der Waals surface area contributed by atoms with Gasteiger partial charge in [-0.2, -0.15) is 0 Å². The average molecular weight is 387 g/mol. The lowest BCUT2D eigenvalue weighted by Gasteiger charge is -2.26. The lowest BCUT2D eigenvalue weighted by atomic mass is 10.1. The standard InChI is InChI=1S/C20H25N3O5/c24-17(22-20(27)21-15-5-1-2-6-15)13-28-19(26)14-8-10-16(11-9-14)23-12-4-3-7-18(23)25/h8-11,15H,1-7,12-13H2,(H2,21,22,24,27). The lowest BCUT2D eigenvalue weighted by Crippen LogP contribution is -2.45. The highest BCUT2D eigenvalue weighted by molar-refractivity contribution is 5.98. The van der Waals surface area contributed by atoms with Gasteiger partial charge >= 0.3 is 12.0 Å². The third-order valence-electron chi connectivity index (χ3n) is 5.02. The summed E-state index contributed by atoms with van der Waals surface area (Å²) in [5.41, 5.74) is 1.01. The van der Waals surface area contributed by atoms with Crippen molar-refractivity contribution in [2.45, 2.75) is 51.0 Å². The summed E-state index contributed by atoms with van der Waals surface area (Å²) in [4.78, 5) is 49.2. The molecule has 0 bridgehead atoms. The first-order valence-electron chi connectivity index (χ1n) is 9.71. The van der Waals surface area contributed by atoms with Crippen LogP contribution in [0.3, 0.4) is 0 Å². The van der Waals surface area contributed by atoms with Gasteiger partial charge in [0, 0.05) is 24.7 Å². The lowest BCUT2D eigenvalue weighted by molar-refractivity contribution is -0.123. The topological polar surface area (TPSA) is 105 Å². The molecule has 0 radical (unpaired) electrons. The molecule has 1 aromatic rings. The Hall–Kier alpha value is -2.90. The van der Waals surface area contributed by atoms with Gasteiger partial charge in [0.2, 0.25) is 5.91 Å². The maximum absolute atomic E-state index is 12.1. The van der Waals surface area contributed by atoms with E-state index in [2.05, 4.69) is 10.6 Å². The Labute approximate surface area is 163 Å². The number of nitrogens with zero attached hydrogens (tertiary/aromatic N) is 1. The molecule has 0 spiro atoms. The molecule has 28 heavy (non-hydrogen) atoms. The zero-order chi connectivity index (χ0) is 19.9. The molecular formula is C20H25N3O5. The molecule has 2 N–H and O–H groups in total. The zero-order valence-corrected chi connectivity index (χ0v) is 15.7. The van der Waals surface area contributed by atoms with E-state index in [1.54, 1.807) is 29.2 Å². The van der Waals surface area contributed by atoms with Gasteiger partial charge in [-0.3, -0.25) is 14.9 Å². The molecule has 3 rings (SSSR count). The van der Waals surface area contributed by atoms with Crippen molar-refractivity contribution < 1.29 is 23.9 Å². The van der Waals surface area contributed by atoms with Gasteiger partial charge in [0.05, 0.1) is 5.56 Å². The second-order valence-corrected chi connectivity index (χ2v) is 7.13. The van der Waals surface area contributed by atoms with Crippen LogP contribution in [-0.2, 0) is 14.3 Å². The molecule has 0 unspecified atom stereocenters. The molecule has 1 aliphatic carbocycles. The van der Waals surface area contributed by atoms with Crippen LogP contribution in [0, 0.1) is 0 Å². The fourth-order valence-corrected chi connectivity index (χ4v) is 3.53. The van der Waals surface area contributed by atoms with Crippen LogP contribution in [0.15, 0.2) is 24.3 Å². The number of benzene rings is 1. The first kappa shape index (κ1) is 19.9. The molecule has 0 aromatic heterocycles. The van der Waals surface area contributed by atoms with E-state index in [0.29, 0.717) is 13.0 Å².